The molecule has 0 spiro atoms. The molecule has 0 unspecified atom stereocenters. The van der Waals surface area contributed by atoms with E-state index in [9.17, 15) is 0 Å². The van der Waals surface area contributed by atoms with E-state index in [2.05, 4.69) is 78.1 Å². The van der Waals surface area contributed by atoms with Crippen LogP contribution in [0.5, 0.6) is 0 Å². The van der Waals surface area contributed by atoms with E-state index in [1.54, 1.807) is 6.26 Å². The fourth-order valence-electron chi connectivity index (χ4n) is 3.04. The molecule has 0 fully saturated rings. The number of hydrogen-bond donors (Lipinski definition) is 1. The van der Waals surface area contributed by atoms with Crippen LogP contribution in [0.3, 0.4) is 0 Å². The first kappa shape index (κ1) is 16.2. The Morgan fingerprint density at radius 3 is 2.00 bits per heavy atom. The highest BCUT2D eigenvalue weighted by Gasteiger charge is 2.01. The maximum absolute atomic E-state index is 5.42. The van der Waals surface area contributed by atoms with Crippen molar-refractivity contribution >= 4 is 5.69 Å². The molecule has 2 nitrogen and oxygen atoms in total. The lowest BCUT2D eigenvalue weighted by Gasteiger charge is -2.08. The van der Waals surface area contributed by atoms with E-state index in [0.29, 0.717) is 0 Å². The number of nitrogens with one attached hydrogen (secondary N) is 1. The zero-order valence-corrected chi connectivity index (χ0v) is 14.6. The lowest BCUT2D eigenvalue weighted by Crippen LogP contribution is -2.04. The van der Waals surface area contributed by atoms with Gasteiger partial charge in [-0.3, -0.25) is 0 Å². The van der Waals surface area contributed by atoms with E-state index in [-0.39, 0.29) is 0 Å². The highest BCUT2D eigenvalue weighted by molar-refractivity contribution is 5.63. The van der Waals surface area contributed by atoms with E-state index in [4.69, 9.17) is 4.42 Å². The van der Waals surface area contributed by atoms with Crippen LogP contribution in [0.2, 0.25) is 0 Å². The van der Waals surface area contributed by atoms with Crippen LogP contribution in [0, 0.1) is 0 Å². The Balaban J connectivity index is 1.32. The van der Waals surface area contributed by atoms with Crippen molar-refractivity contribution < 1.29 is 4.42 Å². The molecule has 0 aliphatic heterocycles. The van der Waals surface area contributed by atoms with Crippen LogP contribution in [0.15, 0.2) is 102 Å². The summed E-state index contributed by atoms with van der Waals surface area (Å²) in [6, 6.07) is 31.5. The van der Waals surface area contributed by atoms with Gasteiger partial charge in [0.2, 0.25) is 0 Å². The van der Waals surface area contributed by atoms with Crippen molar-refractivity contribution in [2.24, 2.45) is 0 Å². The Labute approximate surface area is 154 Å². The van der Waals surface area contributed by atoms with E-state index in [0.717, 1.165) is 30.0 Å². The van der Waals surface area contributed by atoms with Crippen molar-refractivity contribution in [3.05, 3.63) is 103 Å². The van der Waals surface area contributed by atoms with Gasteiger partial charge in [-0.05, 0) is 59.5 Å². The molecule has 0 radical (unpaired) electrons. The zero-order valence-electron chi connectivity index (χ0n) is 14.6. The molecule has 4 aromatic rings. The van der Waals surface area contributed by atoms with Crippen LogP contribution < -0.4 is 5.32 Å². The predicted molar refractivity (Wildman–Crippen MR) is 108 cm³/mol. The summed E-state index contributed by atoms with van der Waals surface area (Å²) >= 11 is 0. The monoisotopic (exact) mass is 339 g/mol. The summed E-state index contributed by atoms with van der Waals surface area (Å²) in [5, 5.41) is 3.48. The van der Waals surface area contributed by atoms with Gasteiger partial charge in [0, 0.05) is 17.8 Å². The lowest BCUT2D eigenvalue weighted by molar-refractivity contribution is 0.582. The van der Waals surface area contributed by atoms with Gasteiger partial charge in [-0.25, -0.2) is 0 Å². The standard InChI is InChI=1S/C24H21NO/c1-2-5-20(6-3-1)21-10-8-19(9-11-21)16-17-25-23-14-12-22(13-15-23)24-7-4-18-26-24/h1-15,18,25H,16-17H2. The van der Waals surface area contributed by atoms with E-state index >= 15 is 0 Å². The second-order valence-electron chi connectivity index (χ2n) is 6.29. The molecule has 1 N–H and O–H groups in total. The van der Waals surface area contributed by atoms with E-state index < -0.39 is 0 Å². The van der Waals surface area contributed by atoms with Crippen molar-refractivity contribution in [3.63, 3.8) is 0 Å². The highest BCUT2D eigenvalue weighted by Crippen LogP contribution is 2.22. The second-order valence-corrected chi connectivity index (χ2v) is 6.29. The molecule has 0 aliphatic rings. The molecule has 1 aromatic heterocycles. The molecule has 0 saturated heterocycles. The molecule has 2 heteroatoms. The van der Waals surface area contributed by atoms with Gasteiger partial charge in [-0.2, -0.15) is 0 Å². The summed E-state index contributed by atoms with van der Waals surface area (Å²) in [7, 11) is 0. The number of benzene rings is 3. The number of furan rings is 1. The first-order valence-corrected chi connectivity index (χ1v) is 8.91. The van der Waals surface area contributed by atoms with Gasteiger partial charge < -0.3 is 9.73 Å². The van der Waals surface area contributed by atoms with Crippen LogP contribution in [-0.4, -0.2) is 6.54 Å². The highest BCUT2D eigenvalue weighted by atomic mass is 16.3. The van der Waals surface area contributed by atoms with Crippen molar-refractivity contribution in [3.8, 4) is 22.5 Å². The molecule has 3 aromatic carbocycles. The number of rotatable bonds is 6. The van der Waals surface area contributed by atoms with E-state index in [1.807, 2.05) is 18.2 Å². The molecule has 128 valence electrons. The van der Waals surface area contributed by atoms with Crippen LogP contribution in [0.1, 0.15) is 5.56 Å². The zero-order chi connectivity index (χ0) is 17.6. The van der Waals surface area contributed by atoms with Crippen LogP contribution in [0.25, 0.3) is 22.5 Å². The van der Waals surface area contributed by atoms with Gasteiger partial charge in [0.25, 0.3) is 0 Å². The van der Waals surface area contributed by atoms with Crippen LogP contribution >= 0.6 is 0 Å². The summed E-state index contributed by atoms with van der Waals surface area (Å²) < 4.78 is 5.42. The average Bonchev–Trinajstić information content (AvgIpc) is 3.25. The average molecular weight is 339 g/mol. The quantitative estimate of drug-likeness (QED) is 0.448. The van der Waals surface area contributed by atoms with Gasteiger partial charge in [0.1, 0.15) is 5.76 Å². The van der Waals surface area contributed by atoms with Gasteiger partial charge in [-0.15, -0.1) is 0 Å². The van der Waals surface area contributed by atoms with Crippen LogP contribution in [0.4, 0.5) is 5.69 Å². The SMILES string of the molecule is c1ccc(-c2ccc(CCNc3ccc(-c4ccco4)cc3)cc2)cc1. The van der Waals surface area contributed by atoms with Gasteiger partial charge in [0.05, 0.1) is 6.26 Å². The molecular formula is C24H21NO. The topological polar surface area (TPSA) is 25.2 Å². The minimum atomic E-state index is 0.898. The van der Waals surface area contributed by atoms with Crippen molar-refractivity contribution in [2.45, 2.75) is 6.42 Å². The summed E-state index contributed by atoms with van der Waals surface area (Å²) in [5.41, 5.74) is 6.08. The maximum atomic E-state index is 5.42. The summed E-state index contributed by atoms with van der Waals surface area (Å²) in [5.74, 6) is 0.898. The Bertz CT molecular complexity index is 924. The fourth-order valence-corrected chi connectivity index (χ4v) is 3.04. The maximum Gasteiger partial charge on any atom is 0.133 e. The van der Waals surface area contributed by atoms with Gasteiger partial charge in [-0.1, -0.05) is 54.6 Å². The molecule has 0 saturated carbocycles. The lowest BCUT2D eigenvalue weighted by atomic mass is 10.0. The first-order chi connectivity index (χ1) is 12.9. The molecule has 26 heavy (non-hydrogen) atoms. The van der Waals surface area contributed by atoms with E-state index in [1.165, 1.54) is 16.7 Å². The smallest absolute Gasteiger partial charge is 0.133 e. The third-order valence-electron chi connectivity index (χ3n) is 4.49. The van der Waals surface area contributed by atoms with Gasteiger partial charge in [0.15, 0.2) is 0 Å². The molecule has 0 aliphatic carbocycles. The minimum Gasteiger partial charge on any atom is -0.464 e. The van der Waals surface area contributed by atoms with Crippen LogP contribution in [-0.2, 0) is 6.42 Å². The Kier molecular flexibility index (Phi) is 4.83. The largest absolute Gasteiger partial charge is 0.464 e. The first-order valence-electron chi connectivity index (χ1n) is 8.91. The normalized spacial score (nSPS) is 10.6. The fraction of sp³-hybridized carbons (Fsp3) is 0.0833. The summed E-state index contributed by atoms with van der Waals surface area (Å²) in [6.07, 6.45) is 2.69. The molecule has 0 bridgehead atoms. The molecule has 1 heterocycles. The van der Waals surface area contributed by atoms with Crippen molar-refractivity contribution in [1.29, 1.82) is 0 Å². The number of anilines is 1. The third kappa shape index (κ3) is 3.86. The summed E-state index contributed by atoms with van der Waals surface area (Å²) in [6.45, 7) is 0.908. The van der Waals surface area contributed by atoms with Crippen molar-refractivity contribution in [1.82, 2.24) is 0 Å². The van der Waals surface area contributed by atoms with Gasteiger partial charge >= 0.3 is 0 Å². The van der Waals surface area contributed by atoms with Crippen molar-refractivity contribution in [2.75, 3.05) is 11.9 Å². The minimum absolute atomic E-state index is 0.898. The summed E-state index contributed by atoms with van der Waals surface area (Å²) in [4.78, 5) is 0. The predicted octanol–water partition coefficient (Wildman–Crippen LogP) is 6.27. The Morgan fingerprint density at radius 2 is 1.31 bits per heavy atom. The molecule has 0 amide bonds. The Morgan fingerprint density at radius 1 is 0.615 bits per heavy atom. The number of hydrogen-bond acceptors (Lipinski definition) is 2. The third-order valence-corrected chi connectivity index (χ3v) is 4.49. The Hall–Kier alpha value is -3.26. The molecule has 0 atom stereocenters. The second kappa shape index (κ2) is 7.75. The molecule has 4 rings (SSSR count). The molecular weight excluding hydrogens is 318 g/mol.